The summed E-state index contributed by atoms with van der Waals surface area (Å²) in [4.78, 5) is 27.6. The SMILES string of the molecule is COCc1ccc(C(=O)Nc2c(C(=O)N3CCOCC3)oc3ccccc23)cc1. The lowest BCUT2D eigenvalue weighted by atomic mass is 10.1. The Morgan fingerprint density at radius 3 is 2.52 bits per heavy atom. The van der Waals surface area contributed by atoms with Crippen molar-refractivity contribution in [3.8, 4) is 0 Å². The summed E-state index contributed by atoms with van der Waals surface area (Å²) >= 11 is 0. The normalized spacial score (nSPS) is 14.2. The number of ether oxygens (including phenoxy) is 2. The van der Waals surface area contributed by atoms with E-state index in [0.717, 1.165) is 5.56 Å². The number of nitrogens with zero attached hydrogens (tertiary/aromatic N) is 1. The molecule has 2 heterocycles. The average Bonchev–Trinajstić information content (AvgIpc) is 3.13. The number of rotatable bonds is 5. The van der Waals surface area contributed by atoms with Gasteiger partial charge in [0, 0.05) is 31.1 Å². The second-order valence-electron chi connectivity index (χ2n) is 6.79. The first-order valence-corrected chi connectivity index (χ1v) is 9.45. The Kier molecular flexibility index (Phi) is 5.59. The lowest BCUT2D eigenvalue weighted by molar-refractivity contribution is 0.0285. The summed E-state index contributed by atoms with van der Waals surface area (Å²) in [7, 11) is 1.62. The smallest absolute Gasteiger partial charge is 0.291 e. The number of hydrogen-bond donors (Lipinski definition) is 1. The molecule has 0 radical (unpaired) electrons. The average molecular weight is 394 g/mol. The predicted molar refractivity (Wildman–Crippen MR) is 108 cm³/mol. The van der Waals surface area contributed by atoms with E-state index >= 15 is 0 Å². The van der Waals surface area contributed by atoms with Gasteiger partial charge in [0.1, 0.15) is 11.3 Å². The maximum absolute atomic E-state index is 13.0. The number of carbonyl (C=O) groups excluding carboxylic acids is 2. The molecule has 1 aliphatic heterocycles. The fourth-order valence-electron chi connectivity index (χ4n) is 3.33. The summed E-state index contributed by atoms with van der Waals surface area (Å²) in [6.07, 6.45) is 0. The molecule has 0 aliphatic carbocycles. The summed E-state index contributed by atoms with van der Waals surface area (Å²) in [5, 5.41) is 3.57. The predicted octanol–water partition coefficient (Wildman–Crippen LogP) is 3.30. The maximum atomic E-state index is 13.0. The van der Waals surface area contributed by atoms with Crippen LogP contribution in [0.4, 0.5) is 5.69 Å². The summed E-state index contributed by atoms with van der Waals surface area (Å²) < 4.78 is 16.3. The summed E-state index contributed by atoms with van der Waals surface area (Å²) in [6, 6.07) is 14.4. The lowest BCUT2D eigenvalue weighted by Gasteiger charge is -2.26. The number of hydrogen-bond acceptors (Lipinski definition) is 5. The van der Waals surface area contributed by atoms with Crippen molar-refractivity contribution in [2.24, 2.45) is 0 Å². The van der Waals surface area contributed by atoms with Gasteiger partial charge in [-0.15, -0.1) is 0 Å². The van der Waals surface area contributed by atoms with Crippen molar-refractivity contribution in [1.29, 1.82) is 0 Å². The molecule has 29 heavy (non-hydrogen) atoms. The molecule has 1 N–H and O–H groups in total. The van der Waals surface area contributed by atoms with Gasteiger partial charge in [-0.25, -0.2) is 0 Å². The minimum Gasteiger partial charge on any atom is -0.449 e. The first-order valence-electron chi connectivity index (χ1n) is 9.45. The van der Waals surface area contributed by atoms with Gasteiger partial charge in [0.25, 0.3) is 11.8 Å². The van der Waals surface area contributed by atoms with Crippen LogP contribution in [0.25, 0.3) is 11.0 Å². The van der Waals surface area contributed by atoms with Gasteiger partial charge in [0.05, 0.1) is 19.8 Å². The van der Waals surface area contributed by atoms with Crippen LogP contribution in [0.1, 0.15) is 26.5 Å². The van der Waals surface area contributed by atoms with Crippen molar-refractivity contribution in [2.45, 2.75) is 6.61 Å². The number of amides is 2. The number of morpholine rings is 1. The molecular formula is C22H22N2O5. The monoisotopic (exact) mass is 394 g/mol. The van der Waals surface area contributed by atoms with Crippen molar-refractivity contribution >= 4 is 28.5 Å². The van der Waals surface area contributed by atoms with E-state index in [0.29, 0.717) is 55.1 Å². The van der Waals surface area contributed by atoms with E-state index in [9.17, 15) is 9.59 Å². The van der Waals surface area contributed by atoms with Crippen LogP contribution in [-0.4, -0.2) is 50.1 Å². The van der Waals surface area contributed by atoms with E-state index < -0.39 is 0 Å². The number of methoxy groups -OCH3 is 1. The fraction of sp³-hybridized carbons (Fsp3) is 0.273. The highest BCUT2D eigenvalue weighted by atomic mass is 16.5. The van der Waals surface area contributed by atoms with Gasteiger partial charge in [-0.05, 0) is 29.8 Å². The Hall–Kier alpha value is -3.16. The fourth-order valence-corrected chi connectivity index (χ4v) is 3.33. The number of anilines is 1. The highest BCUT2D eigenvalue weighted by Crippen LogP contribution is 2.32. The van der Waals surface area contributed by atoms with Crippen molar-refractivity contribution in [1.82, 2.24) is 4.90 Å². The molecule has 3 aromatic rings. The van der Waals surface area contributed by atoms with Crippen molar-refractivity contribution < 1.29 is 23.5 Å². The van der Waals surface area contributed by atoms with E-state index in [1.54, 1.807) is 30.2 Å². The van der Waals surface area contributed by atoms with Gasteiger partial charge >= 0.3 is 0 Å². The van der Waals surface area contributed by atoms with Gasteiger partial charge < -0.3 is 24.1 Å². The number of benzene rings is 2. The molecule has 7 heteroatoms. The second-order valence-corrected chi connectivity index (χ2v) is 6.79. The van der Waals surface area contributed by atoms with Crippen LogP contribution in [0, 0.1) is 0 Å². The van der Waals surface area contributed by atoms with Crippen LogP contribution in [0.5, 0.6) is 0 Å². The van der Waals surface area contributed by atoms with Crippen LogP contribution >= 0.6 is 0 Å². The quantitative estimate of drug-likeness (QED) is 0.718. The zero-order valence-electron chi connectivity index (χ0n) is 16.1. The third kappa shape index (κ3) is 4.01. The number of fused-ring (bicyclic) bond motifs is 1. The number of nitrogens with one attached hydrogen (secondary N) is 1. The molecule has 1 aromatic heterocycles. The molecule has 0 saturated carbocycles. The van der Waals surface area contributed by atoms with E-state index in [2.05, 4.69) is 5.32 Å². The molecule has 4 rings (SSSR count). The largest absolute Gasteiger partial charge is 0.449 e. The van der Waals surface area contributed by atoms with E-state index in [4.69, 9.17) is 13.9 Å². The molecule has 2 aromatic carbocycles. The Balaban J connectivity index is 1.64. The third-order valence-electron chi connectivity index (χ3n) is 4.85. The minimum absolute atomic E-state index is 0.137. The van der Waals surface area contributed by atoms with Gasteiger partial charge in [0.15, 0.2) is 0 Å². The molecule has 1 fully saturated rings. The molecule has 0 spiro atoms. The molecule has 0 unspecified atom stereocenters. The second kappa shape index (κ2) is 8.46. The van der Waals surface area contributed by atoms with Crippen LogP contribution in [0.2, 0.25) is 0 Å². The summed E-state index contributed by atoms with van der Waals surface area (Å²) in [5.41, 5.74) is 2.40. The highest BCUT2D eigenvalue weighted by Gasteiger charge is 2.27. The topological polar surface area (TPSA) is 81.0 Å². The molecule has 0 bridgehead atoms. The lowest BCUT2D eigenvalue weighted by Crippen LogP contribution is -2.40. The number of carbonyl (C=O) groups is 2. The minimum atomic E-state index is -0.309. The maximum Gasteiger partial charge on any atom is 0.291 e. The van der Waals surface area contributed by atoms with Gasteiger partial charge in [0.2, 0.25) is 5.76 Å². The Morgan fingerprint density at radius 1 is 1.07 bits per heavy atom. The van der Waals surface area contributed by atoms with Crippen LogP contribution in [-0.2, 0) is 16.1 Å². The molecule has 150 valence electrons. The van der Waals surface area contributed by atoms with Crippen molar-refractivity contribution in [2.75, 3.05) is 38.7 Å². The van der Waals surface area contributed by atoms with E-state index in [1.807, 2.05) is 30.3 Å². The molecule has 2 amide bonds. The molecular weight excluding hydrogens is 372 g/mol. The highest BCUT2D eigenvalue weighted by molar-refractivity contribution is 6.14. The summed E-state index contributed by atoms with van der Waals surface area (Å²) in [6.45, 7) is 2.43. The van der Waals surface area contributed by atoms with Crippen LogP contribution in [0.3, 0.4) is 0 Å². The molecule has 0 atom stereocenters. The molecule has 1 saturated heterocycles. The number of furan rings is 1. The van der Waals surface area contributed by atoms with Gasteiger partial charge in [-0.2, -0.15) is 0 Å². The first-order chi connectivity index (χ1) is 14.2. The van der Waals surface area contributed by atoms with Crippen LogP contribution < -0.4 is 5.32 Å². The standard InChI is InChI=1S/C22H22N2O5/c1-27-14-15-6-8-16(9-7-15)21(25)23-19-17-4-2-3-5-18(17)29-20(19)22(26)24-10-12-28-13-11-24/h2-9H,10-14H2,1H3,(H,23,25). The van der Waals surface area contributed by atoms with Gasteiger partial charge in [-0.1, -0.05) is 24.3 Å². The van der Waals surface area contributed by atoms with E-state index in [1.165, 1.54) is 0 Å². The summed E-state index contributed by atoms with van der Waals surface area (Å²) in [5.74, 6) is -0.427. The zero-order chi connectivity index (χ0) is 20.2. The Labute approximate surface area is 168 Å². The first kappa shape index (κ1) is 19.2. The van der Waals surface area contributed by atoms with Crippen LogP contribution in [0.15, 0.2) is 52.9 Å². The zero-order valence-corrected chi connectivity index (χ0v) is 16.1. The molecule has 1 aliphatic rings. The van der Waals surface area contributed by atoms with E-state index in [-0.39, 0.29) is 17.6 Å². The third-order valence-corrected chi connectivity index (χ3v) is 4.85. The molecule has 7 nitrogen and oxygen atoms in total. The Bertz CT molecular complexity index is 1020. The Morgan fingerprint density at radius 2 is 1.79 bits per heavy atom. The van der Waals surface area contributed by atoms with Crippen molar-refractivity contribution in [3.63, 3.8) is 0 Å². The van der Waals surface area contributed by atoms with Gasteiger partial charge in [-0.3, -0.25) is 9.59 Å². The number of para-hydroxylation sites is 1. The van der Waals surface area contributed by atoms with Crippen molar-refractivity contribution in [3.05, 3.63) is 65.4 Å².